The van der Waals surface area contributed by atoms with Crippen molar-refractivity contribution in [2.75, 3.05) is 38.2 Å². The van der Waals surface area contributed by atoms with Crippen molar-refractivity contribution in [2.45, 2.75) is 38.1 Å². The molecule has 3 N–H and O–H groups in total. The monoisotopic (exact) mass is 487 g/mol. The molecule has 3 aromatic rings. The smallest absolute Gasteiger partial charge is 0.251 e. The summed E-state index contributed by atoms with van der Waals surface area (Å²) >= 11 is 0. The summed E-state index contributed by atoms with van der Waals surface area (Å²) in [5.41, 5.74) is 4.73. The second-order valence-electron chi connectivity index (χ2n) is 9.69. The quantitative estimate of drug-likeness (QED) is 0.428. The lowest BCUT2D eigenvalue weighted by molar-refractivity contribution is -0.115. The number of H-pyrrole nitrogens is 1. The fourth-order valence-corrected chi connectivity index (χ4v) is 4.50. The predicted octanol–water partition coefficient (Wildman–Crippen LogP) is 3.59. The minimum Gasteiger partial charge on any atom is -0.379 e. The Kier molecular flexibility index (Phi) is 7.44. The maximum Gasteiger partial charge on any atom is 0.251 e. The van der Waals surface area contributed by atoms with Crippen LogP contribution in [0, 0.1) is 0 Å². The Morgan fingerprint density at radius 2 is 1.72 bits per heavy atom. The van der Waals surface area contributed by atoms with E-state index in [0.29, 0.717) is 23.8 Å². The van der Waals surface area contributed by atoms with Crippen LogP contribution in [-0.2, 0) is 16.0 Å². The highest BCUT2D eigenvalue weighted by atomic mass is 16.5. The first-order valence-corrected chi connectivity index (χ1v) is 12.7. The Morgan fingerprint density at radius 3 is 2.39 bits per heavy atom. The summed E-state index contributed by atoms with van der Waals surface area (Å²) in [6.07, 6.45) is 2.66. The second kappa shape index (κ2) is 11.1. The normalized spacial score (nSPS) is 16.9. The van der Waals surface area contributed by atoms with Crippen molar-refractivity contribution in [3.05, 3.63) is 71.4 Å². The molecule has 8 nitrogen and oxygen atoms in total. The molecular weight excluding hydrogens is 454 g/mol. The van der Waals surface area contributed by atoms with Gasteiger partial charge in [0.2, 0.25) is 5.91 Å². The van der Waals surface area contributed by atoms with E-state index in [1.807, 2.05) is 54.6 Å². The van der Waals surface area contributed by atoms with Gasteiger partial charge in [-0.05, 0) is 48.6 Å². The Balaban J connectivity index is 1.11. The lowest BCUT2D eigenvalue weighted by atomic mass is 10.0. The fraction of sp³-hybridized carbons (Fsp3) is 0.393. The van der Waals surface area contributed by atoms with E-state index in [2.05, 4.69) is 32.7 Å². The van der Waals surface area contributed by atoms with E-state index in [-0.39, 0.29) is 24.3 Å². The largest absolute Gasteiger partial charge is 0.379 e. The molecule has 5 rings (SSSR count). The molecule has 36 heavy (non-hydrogen) atoms. The molecule has 2 heterocycles. The van der Waals surface area contributed by atoms with Crippen LogP contribution in [0.25, 0.3) is 11.1 Å². The van der Waals surface area contributed by atoms with Crippen LogP contribution in [0.5, 0.6) is 0 Å². The number of anilines is 1. The van der Waals surface area contributed by atoms with Gasteiger partial charge in [0.1, 0.15) is 0 Å². The molecule has 0 spiro atoms. The number of hydrogen-bond acceptors (Lipinski definition) is 5. The van der Waals surface area contributed by atoms with Gasteiger partial charge >= 0.3 is 0 Å². The van der Waals surface area contributed by atoms with Gasteiger partial charge in [0.15, 0.2) is 5.82 Å². The van der Waals surface area contributed by atoms with Gasteiger partial charge in [-0.2, -0.15) is 5.10 Å². The lowest BCUT2D eigenvalue weighted by Crippen LogP contribution is -2.47. The summed E-state index contributed by atoms with van der Waals surface area (Å²) < 4.78 is 5.40. The number of aromatic nitrogens is 2. The van der Waals surface area contributed by atoms with E-state index < -0.39 is 0 Å². The van der Waals surface area contributed by atoms with Gasteiger partial charge in [-0.25, -0.2) is 0 Å². The Morgan fingerprint density at radius 1 is 1.06 bits per heavy atom. The van der Waals surface area contributed by atoms with Gasteiger partial charge in [0.05, 0.1) is 19.6 Å². The third-order valence-corrected chi connectivity index (χ3v) is 6.91. The highest BCUT2D eigenvalue weighted by Crippen LogP contribution is 2.39. The first-order valence-electron chi connectivity index (χ1n) is 12.7. The van der Waals surface area contributed by atoms with Gasteiger partial charge in [0.25, 0.3) is 5.91 Å². The maximum absolute atomic E-state index is 12.6. The van der Waals surface area contributed by atoms with Crippen molar-refractivity contribution in [3.63, 3.8) is 0 Å². The highest BCUT2D eigenvalue weighted by Gasteiger charge is 2.25. The molecular formula is C28H33N5O3. The van der Waals surface area contributed by atoms with E-state index >= 15 is 0 Å². The molecule has 0 bridgehead atoms. The van der Waals surface area contributed by atoms with Crippen molar-refractivity contribution in [2.24, 2.45) is 0 Å². The van der Waals surface area contributed by atoms with Gasteiger partial charge < -0.3 is 15.4 Å². The second-order valence-corrected chi connectivity index (χ2v) is 9.69. The molecule has 1 aromatic heterocycles. The molecule has 188 valence electrons. The van der Waals surface area contributed by atoms with Crippen molar-refractivity contribution < 1.29 is 14.3 Å². The van der Waals surface area contributed by atoms with Crippen molar-refractivity contribution in [1.82, 2.24) is 20.4 Å². The molecule has 1 saturated carbocycles. The van der Waals surface area contributed by atoms with E-state index in [4.69, 9.17) is 4.74 Å². The molecule has 1 aliphatic carbocycles. The third-order valence-electron chi connectivity index (χ3n) is 6.91. The van der Waals surface area contributed by atoms with E-state index in [1.54, 1.807) is 0 Å². The summed E-state index contributed by atoms with van der Waals surface area (Å²) in [5.74, 6) is 1.00. The Labute approximate surface area is 211 Å². The van der Waals surface area contributed by atoms with Crippen LogP contribution >= 0.6 is 0 Å². The zero-order valence-electron chi connectivity index (χ0n) is 20.6. The minimum atomic E-state index is -0.0881. The average Bonchev–Trinajstić information content (AvgIpc) is 3.67. The van der Waals surface area contributed by atoms with Crippen LogP contribution in [0.4, 0.5) is 5.82 Å². The summed E-state index contributed by atoms with van der Waals surface area (Å²) in [7, 11) is 0. The fourth-order valence-electron chi connectivity index (χ4n) is 4.50. The molecule has 8 heteroatoms. The number of aromatic amines is 1. The lowest BCUT2D eigenvalue weighted by Gasteiger charge is -2.32. The first-order chi connectivity index (χ1) is 17.5. The number of carbonyl (C=O) groups is 2. The third kappa shape index (κ3) is 6.19. The summed E-state index contributed by atoms with van der Waals surface area (Å²) in [6.45, 7) is 6.04. The molecule has 1 saturated heterocycles. The van der Waals surface area contributed by atoms with Crippen LogP contribution < -0.4 is 10.6 Å². The van der Waals surface area contributed by atoms with Crippen LogP contribution in [0.3, 0.4) is 0 Å². The molecule has 1 atom stereocenters. The summed E-state index contributed by atoms with van der Waals surface area (Å²) in [6, 6.07) is 17.7. The minimum absolute atomic E-state index is 0.0656. The van der Waals surface area contributed by atoms with E-state index in [0.717, 1.165) is 48.7 Å². The zero-order valence-corrected chi connectivity index (χ0v) is 20.6. The standard InChI is InChI=1S/C28H33N5O3/c1-19(33-12-14-36-15-13-33)18-29-28(35)24-10-6-22(7-11-24)21-4-2-20(3-5-21)16-27(34)30-26-17-25(31-32-26)23-8-9-23/h2-7,10-11,17,19,23H,8-9,12-16,18H2,1H3,(H,29,35)(H2,30,31,32,34). The Hall–Kier alpha value is -3.49. The molecule has 2 amide bonds. The van der Waals surface area contributed by atoms with Crippen molar-refractivity contribution >= 4 is 17.6 Å². The van der Waals surface area contributed by atoms with Crippen LogP contribution in [0.15, 0.2) is 54.6 Å². The number of nitrogens with one attached hydrogen (secondary N) is 3. The number of hydrogen-bond donors (Lipinski definition) is 3. The number of rotatable bonds is 9. The van der Waals surface area contributed by atoms with Gasteiger partial charge in [-0.15, -0.1) is 0 Å². The van der Waals surface area contributed by atoms with Crippen molar-refractivity contribution in [1.29, 1.82) is 0 Å². The number of benzene rings is 2. The van der Waals surface area contributed by atoms with Crippen LogP contribution in [-0.4, -0.2) is 65.8 Å². The molecule has 1 aliphatic heterocycles. The molecule has 1 unspecified atom stereocenters. The number of carbonyl (C=O) groups excluding carboxylic acids is 2. The zero-order chi connectivity index (χ0) is 24.9. The van der Waals surface area contributed by atoms with E-state index in [9.17, 15) is 9.59 Å². The van der Waals surface area contributed by atoms with E-state index in [1.165, 1.54) is 12.8 Å². The topological polar surface area (TPSA) is 99.4 Å². The predicted molar refractivity (Wildman–Crippen MR) is 139 cm³/mol. The van der Waals surface area contributed by atoms with Crippen molar-refractivity contribution in [3.8, 4) is 11.1 Å². The Bertz CT molecular complexity index is 1180. The molecule has 0 radical (unpaired) electrons. The number of amides is 2. The summed E-state index contributed by atoms with van der Waals surface area (Å²) in [5, 5.41) is 13.1. The average molecular weight is 488 g/mol. The molecule has 2 aliphatic rings. The molecule has 2 fully saturated rings. The SMILES string of the molecule is CC(CNC(=O)c1ccc(-c2ccc(CC(=O)Nc3cc(C4CC4)[nH]n3)cc2)cc1)N1CCOCC1. The number of morpholine rings is 1. The molecule has 2 aromatic carbocycles. The summed E-state index contributed by atoms with van der Waals surface area (Å²) in [4.78, 5) is 27.3. The first kappa shape index (κ1) is 24.2. The highest BCUT2D eigenvalue weighted by molar-refractivity contribution is 5.94. The number of nitrogens with zero attached hydrogens (tertiary/aromatic N) is 2. The number of ether oxygens (including phenoxy) is 1. The van der Waals surface area contributed by atoms with Gasteiger partial charge in [-0.3, -0.25) is 19.6 Å². The van der Waals surface area contributed by atoms with Crippen LogP contribution in [0.1, 0.15) is 47.3 Å². The van der Waals surface area contributed by atoms with Gasteiger partial charge in [0, 0.05) is 48.9 Å². The maximum atomic E-state index is 12.6. The van der Waals surface area contributed by atoms with Gasteiger partial charge in [-0.1, -0.05) is 36.4 Å². The van der Waals surface area contributed by atoms with Crippen LogP contribution in [0.2, 0.25) is 0 Å².